The fourth-order valence-electron chi connectivity index (χ4n) is 3.19. The van der Waals surface area contributed by atoms with Crippen molar-refractivity contribution in [2.45, 2.75) is 52.1 Å². The normalized spacial score (nSPS) is 21.8. The lowest BCUT2D eigenvalue weighted by Crippen LogP contribution is -2.27. The van der Waals surface area contributed by atoms with Crippen LogP contribution in [0.1, 0.15) is 44.3 Å². The molecule has 22 heavy (non-hydrogen) atoms. The summed E-state index contributed by atoms with van der Waals surface area (Å²) in [5.41, 5.74) is 0. The maximum absolute atomic E-state index is 12.2. The Balaban J connectivity index is 1.62. The van der Waals surface area contributed by atoms with Gasteiger partial charge in [-0.05, 0) is 18.8 Å². The van der Waals surface area contributed by atoms with Gasteiger partial charge in [0, 0.05) is 38.6 Å². The Morgan fingerprint density at radius 3 is 3.00 bits per heavy atom. The van der Waals surface area contributed by atoms with E-state index in [2.05, 4.69) is 14.8 Å². The van der Waals surface area contributed by atoms with Crippen LogP contribution in [0.15, 0.2) is 0 Å². The van der Waals surface area contributed by atoms with E-state index in [4.69, 9.17) is 0 Å². The van der Waals surface area contributed by atoms with Gasteiger partial charge in [0.2, 0.25) is 5.91 Å². The summed E-state index contributed by atoms with van der Waals surface area (Å²) in [5.74, 6) is 3.14. The van der Waals surface area contributed by atoms with Crippen LogP contribution in [0.2, 0.25) is 0 Å². The van der Waals surface area contributed by atoms with Crippen molar-refractivity contribution in [3.05, 3.63) is 11.6 Å². The second-order valence-electron chi connectivity index (χ2n) is 6.14. The summed E-state index contributed by atoms with van der Waals surface area (Å²) in [4.78, 5) is 25.1. The Morgan fingerprint density at radius 1 is 1.32 bits per heavy atom. The molecule has 0 N–H and O–H groups in total. The van der Waals surface area contributed by atoms with Crippen molar-refractivity contribution in [1.29, 1.82) is 0 Å². The fourth-order valence-corrected chi connectivity index (χ4v) is 3.88. The molecule has 3 rings (SSSR count). The van der Waals surface area contributed by atoms with Gasteiger partial charge in [0.05, 0.1) is 6.54 Å². The van der Waals surface area contributed by atoms with E-state index in [-0.39, 0.29) is 16.9 Å². The molecule has 0 saturated carbocycles. The molecule has 1 amide bonds. The van der Waals surface area contributed by atoms with E-state index >= 15 is 0 Å². The lowest BCUT2D eigenvalue weighted by Gasteiger charge is -2.17. The number of amides is 1. The minimum absolute atomic E-state index is 0.119. The SMILES string of the molecule is CC(=O)SCC1CC(=O)N(Cc2nnc3n2CCCCC3)C1. The number of aromatic nitrogens is 3. The third-order valence-electron chi connectivity index (χ3n) is 4.34. The summed E-state index contributed by atoms with van der Waals surface area (Å²) in [6.45, 7) is 3.81. The molecule has 1 aromatic rings. The number of carbonyl (C=O) groups is 2. The zero-order chi connectivity index (χ0) is 15.5. The molecular formula is C15H22N4O2S. The first-order valence-electron chi connectivity index (χ1n) is 7.95. The number of carbonyl (C=O) groups excluding carboxylic acids is 2. The molecule has 6 nitrogen and oxygen atoms in total. The molecular weight excluding hydrogens is 300 g/mol. The van der Waals surface area contributed by atoms with Crippen molar-refractivity contribution in [2.24, 2.45) is 5.92 Å². The fraction of sp³-hybridized carbons (Fsp3) is 0.733. The molecule has 0 radical (unpaired) electrons. The summed E-state index contributed by atoms with van der Waals surface area (Å²) < 4.78 is 2.19. The molecule has 1 saturated heterocycles. The average Bonchev–Trinajstić information content (AvgIpc) is 2.92. The molecule has 120 valence electrons. The van der Waals surface area contributed by atoms with Crippen molar-refractivity contribution < 1.29 is 9.59 Å². The van der Waals surface area contributed by atoms with E-state index in [9.17, 15) is 9.59 Å². The van der Waals surface area contributed by atoms with Crippen molar-refractivity contribution in [1.82, 2.24) is 19.7 Å². The van der Waals surface area contributed by atoms with Gasteiger partial charge in [0.25, 0.3) is 0 Å². The van der Waals surface area contributed by atoms with Gasteiger partial charge < -0.3 is 9.47 Å². The minimum Gasteiger partial charge on any atom is -0.335 e. The Labute approximate surface area is 134 Å². The number of hydrogen-bond acceptors (Lipinski definition) is 5. The van der Waals surface area contributed by atoms with Crippen LogP contribution in [-0.4, -0.2) is 43.0 Å². The number of hydrogen-bond donors (Lipinski definition) is 0. The van der Waals surface area contributed by atoms with Crippen LogP contribution in [-0.2, 0) is 29.1 Å². The van der Waals surface area contributed by atoms with Crippen molar-refractivity contribution >= 4 is 22.8 Å². The minimum atomic E-state index is 0.119. The van der Waals surface area contributed by atoms with Crippen molar-refractivity contribution in [3.63, 3.8) is 0 Å². The second kappa shape index (κ2) is 6.81. The van der Waals surface area contributed by atoms with E-state index in [0.717, 1.165) is 43.3 Å². The predicted molar refractivity (Wildman–Crippen MR) is 84.2 cm³/mol. The summed E-state index contributed by atoms with van der Waals surface area (Å²) in [6.07, 6.45) is 5.09. The first kappa shape index (κ1) is 15.5. The molecule has 0 bridgehead atoms. The highest BCUT2D eigenvalue weighted by molar-refractivity contribution is 8.13. The topological polar surface area (TPSA) is 68.1 Å². The molecule has 0 spiro atoms. The van der Waals surface area contributed by atoms with Gasteiger partial charge in [0.1, 0.15) is 5.82 Å². The first-order chi connectivity index (χ1) is 10.6. The van der Waals surface area contributed by atoms with Crippen molar-refractivity contribution in [3.8, 4) is 0 Å². The van der Waals surface area contributed by atoms with E-state index < -0.39 is 0 Å². The number of fused-ring (bicyclic) bond motifs is 1. The van der Waals surface area contributed by atoms with E-state index in [1.807, 2.05) is 4.90 Å². The van der Waals surface area contributed by atoms with Gasteiger partial charge in [-0.25, -0.2) is 0 Å². The number of thioether (sulfide) groups is 1. The van der Waals surface area contributed by atoms with Crippen LogP contribution in [0, 0.1) is 5.92 Å². The summed E-state index contributed by atoms with van der Waals surface area (Å²) in [6, 6.07) is 0. The lowest BCUT2D eigenvalue weighted by molar-refractivity contribution is -0.128. The molecule has 2 aliphatic rings. The third kappa shape index (κ3) is 3.51. The summed E-state index contributed by atoms with van der Waals surface area (Å²) in [5, 5.41) is 8.70. The van der Waals surface area contributed by atoms with Crippen molar-refractivity contribution in [2.75, 3.05) is 12.3 Å². The van der Waals surface area contributed by atoms with E-state index in [1.165, 1.54) is 24.6 Å². The molecule has 1 atom stereocenters. The summed E-state index contributed by atoms with van der Waals surface area (Å²) in [7, 11) is 0. The standard InChI is InChI=1S/C15H22N4O2S/c1-11(20)22-10-12-7-15(21)18(8-12)9-14-17-16-13-5-3-2-4-6-19(13)14/h12H,2-10H2,1H3. The quantitative estimate of drug-likeness (QED) is 0.843. The Kier molecular flexibility index (Phi) is 4.81. The maximum Gasteiger partial charge on any atom is 0.223 e. The largest absolute Gasteiger partial charge is 0.335 e. The molecule has 2 aliphatic heterocycles. The highest BCUT2D eigenvalue weighted by Crippen LogP contribution is 2.24. The maximum atomic E-state index is 12.2. The van der Waals surface area contributed by atoms with Crippen LogP contribution in [0.3, 0.4) is 0 Å². The Morgan fingerprint density at radius 2 is 2.18 bits per heavy atom. The number of aryl methyl sites for hydroxylation is 1. The highest BCUT2D eigenvalue weighted by atomic mass is 32.2. The van der Waals surface area contributed by atoms with Crippen LogP contribution in [0.4, 0.5) is 0 Å². The second-order valence-corrected chi connectivity index (χ2v) is 7.34. The monoisotopic (exact) mass is 322 g/mol. The van der Waals surface area contributed by atoms with E-state index in [0.29, 0.717) is 13.0 Å². The molecule has 1 unspecified atom stereocenters. The molecule has 0 aliphatic carbocycles. The number of likely N-dealkylation sites (tertiary alicyclic amines) is 1. The zero-order valence-electron chi connectivity index (χ0n) is 13.0. The number of rotatable bonds is 4. The Hall–Kier alpha value is -1.37. The molecule has 7 heteroatoms. The van der Waals surface area contributed by atoms with E-state index in [1.54, 1.807) is 6.92 Å². The third-order valence-corrected chi connectivity index (χ3v) is 5.38. The van der Waals surface area contributed by atoms with Crippen LogP contribution in [0.5, 0.6) is 0 Å². The van der Waals surface area contributed by atoms with Gasteiger partial charge in [-0.3, -0.25) is 9.59 Å². The van der Waals surface area contributed by atoms with Gasteiger partial charge in [-0.15, -0.1) is 10.2 Å². The smallest absolute Gasteiger partial charge is 0.223 e. The molecule has 1 fully saturated rings. The van der Waals surface area contributed by atoms with Crippen LogP contribution >= 0.6 is 11.8 Å². The Bertz CT molecular complexity index is 572. The van der Waals surface area contributed by atoms with Crippen LogP contribution < -0.4 is 0 Å². The van der Waals surface area contributed by atoms with Gasteiger partial charge in [0.15, 0.2) is 10.9 Å². The molecule has 0 aromatic carbocycles. The first-order valence-corrected chi connectivity index (χ1v) is 8.94. The van der Waals surface area contributed by atoms with Gasteiger partial charge in [-0.2, -0.15) is 0 Å². The number of nitrogens with zero attached hydrogens (tertiary/aromatic N) is 4. The van der Waals surface area contributed by atoms with Gasteiger partial charge >= 0.3 is 0 Å². The predicted octanol–water partition coefficient (Wildman–Crippen LogP) is 1.63. The lowest BCUT2D eigenvalue weighted by atomic mass is 10.1. The summed E-state index contributed by atoms with van der Waals surface area (Å²) >= 11 is 1.32. The molecule has 3 heterocycles. The highest BCUT2D eigenvalue weighted by Gasteiger charge is 2.31. The molecule has 1 aromatic heterocycles. The van der Waals surface area contributed by atoms with Crippen LogP contribution in [0.25, 0.3) is 0 Å². The average molecular weight is 322 g/mol. The zero-order valence-corrected chi connectivity index (χ0v) is 13.8. The van der Waals surface area contributed by atoms with Gasteiger partial charge in [-0.1, -0.05) is 18.2 Å².